The van der Waals surface area contributed by atoms with Crippen molar-refractivity contribution in [3.63, 3.8) is 0 Å². The van der Waals surface area contributed by atoms with E-state index in [0.29, 0.717) is 15.1 Å². The minimum absolute atomic E-state index is 0.118. The highest BCUT2D eigenvalue weighted by Crippen LogP contribution is 2.34. The molecule has 0 amide bonds. The maximum Gasteiger partial charge on any atom is 0.333 e. The van der Waals surface area contributed by atoms with Crippen LogP contribution < -0.4 is 16.0 Å². The average molecular weight is 562 g/mol. The standard InChI is InChI=1S/C25H28FN5O7S/c1-13-19-20(32)30(14(2)23(33)34)24(35)29(22(19)39-21(13)31-27-8-9-28-31)11-18(38-12-25(3,4)36)16-10-15(26)6-7-17(16)37-5/h6-10,14,18,36H,11-12H2,1-5H3,(H,33,34)/t14-,18+/m1/s1. The average Bonchev–Trinajstić information content (AvgIpc) is 3.51. The van der Waals surface area contributed by atoms with Crippen molar-refractivity contribution in [1.82, 2.24) is 24.1 Å². The van der Waals surface area contributed by atoms with Gasteiger partial charge in [-0.05, 0) is 45.9 Å². The van der Waals surface area contributed by atoms with Crippen molar-refractivity contribution >= 4 is 27.5 Å². The third-order valence-corrected chi connectivity index (χ3v) is 7.37. The number of thiophene rings is 1. The second-order valence-electron chi connectivity index (χ2n) is 9.61. The third-order valence-electron chi connectivity index (χ3n) is 6.09. The molecule has 39 heavy (non-hydrogen) atoms. The lowest BCUT2D eigenvalue weighted by Crippen LogP contribution is -2.44. The molecule has 0 aliphatic rings. The highest BCUT2D eigenvalue weighted by Gasteiger charge is 2.29. The Balaban J connectivity index is 2.01. The number of aromatic nitrogens is 5. The lowest BCUT2D eigenvalue weighted by molar-refractivity contribution is -0.140. The van der Waals surface area contributed by atoms with E-state index in [1.807, 2.05) is 0 Å². The van der Waals surface area contributed by atoms with E-state index >= 15 is 0 Å². The van der Waals surface area contributed by atoms with E-state index in [4.69, 9.17) is 9.47 Å². The van der Waals surface area contributed by atoms with Crippen LogP contribution in [-0.2, 0) is 16.1 Å². The summed E-state index contributed by atoms with van der Waals surface area (Å²) in [5, 5.41) is 28.8. The van der Waals surface area contributed by atoms with Crippen LogP contribution in [0.3, 0.4) is 0 Å². The Hall–Kier alpha value is -3.88. The van der Waals surface area contributed by atoms with Crippen LogP contribution in [0.4, 0.5) is 4.39 Å². The smallest absolute Gasteiger partial charge is 0.333 e. The number of benzene rings is 1. The summed E-state index contributed by atoms with van der Waals surface area (Å²) < 4.78 is 27.7. The molecular formula is C25H28FN5O7S. The Morgan fingerprint density at radius 2 is 1.90 bits per heavy atom. The molecule has 0 saturated carbocycles. The first-order chi connectivity index (χ1) is 18.3. The number of rotatable bonds is 10. The molecule has 208 valence electrons. The predicted molar refractivity (Wildman–Crippen MR) is 140 cm³/mol. The van der Waals surface area contributed by atoms with Gasteiger partial charge in [-0.3, -0.25) is 9.36 Å². The summed E-state index contributed by atoms with van der Waals surface area (Å²) in [6.45, 7) is 5.49. The number of halogens is 1. The maximum atomic E-state index is 14.4. The van der Waals surface area contributed by atoms with Crippen LogP contribution in [0.15, 0.2) is 40.2 Å². The number of aliphatic carboxylic acids is 1. The number of methoxy groups -OCH3 is 1. The summed E-state index contributed by atoms with van der Waals surface area (Å²) in [7, 11) is 1.40. The molecule has 4 aromatic rings. The molecule has 0 aliphatic heterocycles. The topological polar surface area (TPSA) is 151 Å². The van der Waals surface area contributed by atoms with Gasteiger partial charge >= 0.3 is 11.7 Å². The van der Waals surface area contributed by atoms with Gasteiger partial charge < -0.3 is 19.7 Å². The monoisotopic (exact) mass is 561 g/mol. The molecule has 0 bridgehead atoms. The molecule has 2 atom stereocenters. The van der Waals surface area contributed by atoms with Crippen molar-refractivity contribution < 1.29 is 28.9 Å². The number of carbonyl (C=O) groups is 1. The van der Waals surface area contributed by atoms with E-state index in [-0.39, 0.29) is 34.7 Å². The normalized spacial score (nSPS) is 13.5. The van der Waals surface area contributed by atoms with E-state index in [2.05, 4.69) is 10.2 Å². The van der Waals surface area contributed by atoms with Gasteiger partial charge in [-0.1, -0.05) is 11.3 Å². The molecule has 3 heterocycles. The van der Waals surface area contributed by atoms with Gasteiger partial charge in [-0.25, -0.2) is 18.5 Å². The fourth-order valence-electron chi connectivity index (χ4n) is 4.15. The molecule has 0 fully saturated rings. The molecule has 0 aliphatic carbocycles. The van der Waals surface area contributed by atoms with Gasteiger partial charge in [0, 0.05) is 11.1 Å². The van der Waals surface area contributed by atoms with Crippen molar-refractivity contribution in [2.45, 2.75) is 52.0 Å². The Morgan fingerprint density at radius 3 is 2.49 bits per heavy atom. The summed E-state index contributed by atoms with van der Waals surface area (Å²) in [5.74, 6) is -1.68. The fourth-order valence-corrected chi connectivity index (χ4v) is 5.36. The van der Waals surface area contributed by atoms with Gasteiger partial charge in [-0.2, -0.15) is 10.2 Å². The van der Waals surface area contributed by atoms with Gasteiger partial charge in [0.25, 0.3) is 5.56 Å². The quantitative estimate of drug-likeness (QED) is 0.297. The van der Waals surface area contributed by atoms with Gasteiger partial charge in [-0.15, -0.1) is 4.80 Å². The van der Waals surface area contributed by atoms with E-state index in [1.165, 1.54) is 67.8 Å². The number of hydrogen-bond donors (Lipinski definition) is 2. The van der Waals surface area contributed by atoms with Gasteiger partial charge in [0.15, 0.2) is 0 Å². The number of nitrogens with zero attached hydrogens (tertiary/aromatic N) is 5. The van der Waals surface area contributed by atoms with Crippen LogP contribution in [0.5, 0.6) is 5.75 Å². The summed E-state index contributed by atoms with van der Waals surface area (Å²) in [6.07, 6.45) is 1.87. The zero-order chi connectivity index (χ0) is 28.6. The Labute approximate surface area is 225 Å². The first kappa shape index (κ1) is 28.1. The number of aryl methyl sites for hydroxylation is 1. The lowest BCUT2D eigenvalue weighted by Gasteiger charge is -2.26. The number of carboxylic acids is 1. The molecule has 14 heteroatoms. The molecule has 2 N–H and O–H groups in total. The summed E-state index contributed by atoms with van der Waals surface area (Å²) >= 11 is 1.07. The van der Waals surface area contributed by atoms with Crippen LogP contribution in [0.25, 0.3) is 15.2 Å². The Morgan fingerprint density at radius 1 is 1.23 bits per heavy atom. The van der Waals surface area contributed by atoms with Crippen LogP contribution in [-0.4, -0.2) is 59.6 Å². The van der Waals surface area contributed by atoms with E-state index in [9.17, 15) is 29.0 Å². The highest BCUT2D eigenvalue weighted by atomic mass is 32.1. The van der Waals surface area contributed by atoms with Gasteiger partial charge in [0.05, 0.1) is 43.6 Å². The second kappa shape index (κ2) is 10.7. The zero-order valence-corrected chi connectivity index (χ0v) is 22.7. The van der Waals surface area contributed by atoms with E-state index in [0.717, 1.165) is 11.3 Å². The molecule has 1 aromatic carbocycles. The van der Waals surface area contributed by atoms with Crippen molar-refractivity contribution in [2.75, 3.05) is 13.7 Å². The van der Waals surface area contributed by atoms with Crippen LogP contribution >= 0.6 is 11.3 Å². The van der Waals surface area contributed by atoms with Crippen molar-refractivity contribution in [3.8, 4) is 10.8 Å². The number of ether oxygens (including phenoxy) is 2. The molecule has 0 saturated heterocycles. The molecule has 0 radical (unpaired) electrons. The van der Waals surface area contributed by atoms with E-state index in [1.54, 1.807) is 6.92 Å². The highest BCUT2D eigenvalue weighted by molar-refractivity contribution is 7.21. The first-order valence-electron chi connectivity index (χ1n) is 11.9. The predicted octanol–water partition coefficient (Wildman–Crippen LogP) is 2.44. The SMILES string of the molecule is COc1ccc(F)cc1[C@H](Cn1c(=O)n([C@H](C)C(=O)O)c(=O)c2c(C)c(-n3nccn3)sc21)OCC(C)(C)O. The van der Waals surface area contributed by atoms with Gasteiger partial charge in [0.1, 0.15) is 33.5 Å². The minimum Gasteiger partial charge on any atom is -0.496 e. The summed E-state index contributed by atoms with van der Waals surface area (Å²) in [6, 6.07) is 2.34. The van der Waals surface area contributed by atoms with Crippen LogP contribution in [0, 0.1) is 12.7 Å². The lowest BCUT2D eigenvalue weighted by atomic mass is 10.1. The zero-order valence-electron chi connectivity index (χ0n) is 21.9. The molecule has 0 unspecified atom stereocenters. The summed E-state index contributed by atoms with van der Waals surface area (Å²) in [5.41, 5.74) is -2.23. The molecular weight excluding hydrogens is 533 g/mol. The molecule has 3 aromatic heterocycles. The van der Waals surface area contributed by atoms with Crippen LogP contribution in [0.1, 0.15) is 44.0 Å². The summed E-state index contributed by atoms with van der Waals surface area (Å²) in [4.78, 5) is 40.7. The maximum absolute atomic E-state index is 14.4. The molecule has 12 nitrogen and oxygen atoms in total. The van der Waals surface area contributed by atoms with Crippen molar-refractivity contribution in [3.05, 3.63) is 68.4 Å². The minimum atomic E-state index is -1.48. The fraction of sp³-hybridized carbons (Fsp3) is 0.400. The van der Waals surface area contributed by atoms with Crippen molar-refractivity contribution in [1.29, 1.82) is 0 Å². The second-order valence-corrected chi connectivity index (χ2v) is 10.6. The van der Waals surface area contributed by atoms with Gasteiger partial charge in [0.2, 0.25) is 0 Å². The Kier molecular flexibility index (Phi) is 7.73. The number of aliphatic hydroxyl groups is 1. The molecule has 0 spiro atoms. The van der Waals surface area contributed by atoms with E-state index < -0.39 is 40.8 Å². The Bertz CT molecular complexity index is 1640. The first-order valence-corrected chi connectivity index (χ1v) is 12.7. The number of carboxylic acid groups (broad SMARTS) is 1. The van der Waals surface area contributed by atoms with Crippen LogP contribution in [0.2, 0.25) is 0 Å². The number of hydrogen-bond acceptors (Lipinski definition) is 9. The van der Waals surface area contributed by atoms with Crippen molar-refractivity contribution in [2.24, 2.45) is 0 Å². The largest absolute Gasteiger partial charge is 0.496 e. The molecule has 4 rings (SSSR count). The number of fused-ring (bicyclic) bond motifs is 1. The third kappa shape index (κ3) is 5.48.